The number of rotatable bonds is 5. The summed E-state index contributed by atoms with van der Waals surface area (Å²) in [4.78, 5) is 21.6. The van der Waals surface area contributed by atoms with Crippen LogP contribution in [0.2, 0.25) is 0 Å². The van der Waals surface area contributed by atoms with E-state index in [9.17, 15) is 9.90 Å². The van der Waals surface area contributed by atoms with Gasteiger partial charge in [0, 0.05) is 44.0 Å². The van der Waals surface area contributed by atoms with E-state index in [1.54, 1.807) is 11.3 Å². The predicted molar refractivity (Wildman–Crippen MR) is 94.1 cm³/mol. The number of hydrogen-bond donors (Lipinski definition) is 1. The minimum Gasteiger partial charge on any atom is -0.481 e. The maximum absolute atomic E-state index is 12.2. The van der Waals surface area contributed by atoms with Crippen LogP contribution in [0.1, 0.15) is 36.4 Å². The normalized spacial score (nSPS) is 31.8. The Labute approximate surface area is 147 Å². The molecule has 2 saturated heterocycles. The molecular formula is C18H27N3O2S. The van der Waals surface area contributed by atoms with Crippen molar-refractivity contribution in [2.75, 3.05) is 32.7 Å². The number of hydrogen-bond acceptors (Lipinski definition) is 5. The van der Waals surface area contributed by atoms with Crippen LogP contribution in [-0.4, -0.2) is 58.6 Å². The zero-order valence-corrected chi connectivity index (χ0v) is 15.2. The third-order valence-corrected chi connectivity index (χ3v) is 6.86. The molecule has 1 aromatic rings. The highest BCUT2D eigenvalue weighted by molar-refractivity contribution is 7.09. The van der Waals surface area contributed by atoms with Crippen molar-refractivity contribution < 1.29 is 9.90 Å². The average Bonchev–Trinajstić information content (AvgIpc) is 3.18. The van der Waals surface area contributed by atoms with E-state index in [-0.39, 0.29) is 5.92 Å². The summed E-state index contributed by atoms with van der Waals surface area (Å²) in [6, 6.07) is 0. The molecule has 2 aliphatic heterocycles. The summed E-state index contributed by atoms with van der Waals surface area (Å²) >= 11 is 1.70. The molecule has 5 nitrogen and oxygen atoms in total. The summed E-state index contributed by atoms with van der Waals surface area (Å²) in [6.45, 7) is 7.60. The Hall–Kier alpha value is -0.980. The molecule has 0 amide bonds. The van der Waals surface area contributed by atoms with Gasteiger partial charge < -0.3 is 10.0 Å². The van der Waals surface area contributed by atoms with Gasteiger partial charge in [-0.3, -0.25) is 9.69 Å². The average molecular weight is 350 g/mol. The Balaban J connectivity index is 1.48. The number of carbonyl (C=O) groups is 1. The molecule has 0 spiro atoms. The topological polar surface area (TPSA) is 56.7 Å². The lowest BCUT2D eigenvalue weighted by Crippen LogP contribution is -2.41. The Morgan fingerprint density at radius 1 is 1.42 bits per heavy atom. The van der Waals surface area contributed by atoms with Crippen LogP contribution in [0, 0.1) is 24.2 Å². The number of likely N-dealkylation sites (tertiary alicyclic amines) is 2. The van der Waals surface area contributed by atoms with Crippen molar-refractivity contribution in [3.8, 4) is 0 Å². The van der Waals surface area contributed by atoms with Crippen LogP contribution in [0.15, 0.2) is 5.38 Å². The number of nitrogens with zero attached hydrogens (tertiary/aromatic N) is 3. The molecule has 0 unspecified atom stereocenters. The van der Waals surface area contributed by atoms with Crippen LogP contribution in [0.5, 0.6) is 0 Å². The van der Waals surface area contributed by atoms with Gasteiger partial charge in [-0.05, 0) is 45.1 Å². The Morgan fingerprint density at radius 2 is 2.21 bits per heavy atom. The molecular weight excluding hydrogens is 322 g/mol. The Morgan fingerprint density at radius 3 is 2.88 bits per heavy atom. The first-order valence-electron chi connectivity index (χ1n) is 9.14. The molecule has 0 radical (unpaired) electrons. The molecule has 1 N–H and O–H groups in total. The number of carboxylic acids is 1. The standard InChI is InChI=1S/C18H27N3O2S/c1-13-19-16(11-24-13)10-20-6-2-5-18(17(22)23)12-21(7-14-3-4-14)9-15(18)8-20/h11,14-15H,2-10,12H2,1H3,(H,22,23)/t15-,18-/m0/s1. The van der Waals surface area contributed by atoms with Crippen molar-refractivity contribution in [1.82, 2.24) is 14.8 Å². The minimum atomic E-state index is -0.572. The highest BCUT2D eigenvalue weighted by Crippen LogP contribution is 2.44. The second kappa shape index (κ2) is 6.39. The van der Waals surface area contributed by atoms with Crippen molar-refractivity contribution in [2.45, 2.75) is 39.2 Å². The highest BCUT2D eigenvalue weighted by Gasteiger charge is 2.53. The summed E-state index contributed by atoms with van der Waals surface area (Å²) in [6.07, 6.45) is 4.46. The fourth-order valence-electron chi connectivity index (χ4n) is 4.62. The molecule has 3 heterocycles. The Bertz CT molecular complexity index is 615. The second-order valence-electron chi connectivity index (χ2n) is 7.99. The van der Waals surface area contributed by atoms with Crippen molar-refractivity contribution >= 4 is 17.3 Å². The third kappa shape index (κ3) is 3.24. The largest absolute Gasteiger partial charge is 0.481 e. The van der Waals surface area contributed by atoms with Crippen LogP contribution < -0.4 is 0 Å². The lowest BCUT2D eigenvalue weighted by atomic mass is 9.75. The third-order valence-electron chi connectivity index (χ3n) is 6.03. The summed E-state index contributed by atoms with van der Waals surface area (Å²) in [5.74, 6) is 0.500. The molecule has 1 aromatic heterocycles. The number of aromatic nitrogens is 1. The van der Waals surface area contributed by atoms with E-state index < -0.39 is 11.4 Å². The van der Waals surface area contributed by atoms with Crippen LogP contribution in [-0.2, 0) is 11.3 Å². The molecule has 0 bridgehead atoms. The molecule has 132 valence electrons. The lowest BCUT2D eigenvalue weighted by Gasteiger charge is -2.29. The van der Waals surface area contributed by atoms with Gasteiger partial charge >= 0.3 is 5.97 Å². The number of fused-ring (bicyclic) bond motifs is 1. The van der Waals surface area contributed by atoms with Crippen molar-refractivity contribution in [1.29, 1.82) is 0 Å². The monoisotopic (exact) mass is 349 g/mol. The van der Waals surface area contributed by atoms with E-state index in [2.05, 4.69) is 20.2 Å². The molecule has 6 heteroatoms. The van der Waals surface area contributed by atoms with E-state index in [1.165, 1.54) is 12.8 Å². The van der Waals surface area contributed by atoms with Crippen molar-refractivity contribution in [3.05, 3.63) is 16.1 Å². The zero-order valence-electron chi connectivity index (χ0n) is 14.4. The maximum Gasteiger partial charge on any atom is 0.311 e. The van der Waals surface area contributed by atoms with E-state index in [0.717, 1.165) is 68.7 Å². The lowest BCUT2D eigenvalue weighted by molar-refractivity contribution is -0.151. The Kier molecular flexibility index (Phi) is 4.39. The van der Waals surface area contributed by atoms with E-state index in [4.69, 9.17) is 0 Å². The molecule has 2 atom stereocenters. The SMILES string of the molecule is Cc1nc(CN2CCC[C@]3(C(=O)O)CN(CC4CC4)C[C@@H]3C2)cs1. The van der Waals surface area contributed by atoms with Gasteiger partial charge in [-0.15, -0.1) is 11.3 Å². The van der Waals surface area contributed by atoms with E-state index >= 15 is 0 Å². The molecule has 1 saturated carbocycles. The van der Waals surface area contributed by atoms with Gasteiger partial charge in [0.25, 0.3) is 0 Å². The van der Waals surface area contributed by atoms with Gasteiger partial charge in [0.15, 0.2) is 0 Å². The summed E-state index contributed by atoms with van der Waals surface area (Å²) in [5.41, 5.74) is 0.606. The fourth-order valence-corrected chi connectivity index (χ4v) is 5.23. The molecule has 3 fully saturated rings. The smallest absolute Gasteiger partial charge is 0.311 e. The molecule has 4 rings (SSSR count). The quantitative estimate of drug-likeness (QED) is 0.885. The zero-order chi connectivity index (χ0) is 16.7. The van der Waals surface area contributed by atoms with Crippen molar-refractivity contribution in [3.63, 3.8) is 0 Å². The van der Waals surface area contributed by atoms with Gasteiger partial charge in [0.05, 0.1) is 16.1 Å². The summed E-state index contributed by atoms with van der Waals surface area (Å²) in [5, 5.41) is 13.3. The van der Waals surface area contributed by atoms with Crippen LogP contribution in [0.25, 0.3) is 0 Å². The van der Waals surface area contributed by atoms with Crippen molar-refractivity contribution in [2.24, 2.45) is 17.3 Å². The molecule has 0 aromatic carbocycles. The van der Waals surface area contributed by atoms with Crippen LogP contribution >= 0.6 is 11.3 Å². The molecule has 24 heavy (non-hydrogen) atoms. The number of aliphatic carboxylic acids is 1. The van der Waals surface area contributed by atoms with Gasteiger partial charge in [0.1, 0.15) is 0 Å². The highest BCUT2D eigenvalue weighted by atomic mass is 32.1. The summed E-state index contributed by atoms with van der Waals surface area (Å²) < 4.78 is 0. The number of thiazole rings is 1. The van der Waals surface area contributed by atoms with Crippen LogP contribution in [0.3, 0.4) is 0 Å². The van der Waals surface area contributed by atoms with Gasteiger partial charge in [-0.25, -0.2) is 4.98 Å². The van der Waals surface area contributed by atoms with Gasteiger partial charge in [0.2, 0.25) is 0 Å². The predicted octanol–water partition coefficient (Wildman–Crippen LogP) is 2.46. The van der Waals surface area contributed by atoms with Crippen LogP contribution in [0.4, 0.5) is 0 Å². The summed E-state index contributed by atoms with van der Waals surface area (Å²) in [7, 11) is 0. The second-order valence-corrected chi connectivity index (χ2v) is 9.05. The first-order valence-corrected chi connectivity index (χ1v) is 10.0. The van der Waals surface area contributed by atoms with E-state index in [0.29, 0.717) is 0 Å². The first kappa shape index (κ1) is 16.5. The fraction of sp³-hybridized carbons (Fsp3) is 0.778. The van der Waals surface area contributed by atoms with E-state index in [1.807, 2.05) is 6.92 Å². The first-order chi connectivity index (χ1) is 11.5. The molecule has 1 aliphatic carbocycles. The van der Waals surface area contributed by atoms with Gasteiger partial charge in [-0.2, -0.15) is 0 Å². The number of aryl methyl sites for hydroxylation is 1. The molecule has 3 aliphatic rings. The van der Waals surface area contributed by atoms with Gasteiger partial charge in [-0.1, -0.05) is 0 Å². The number of carboxylic acid groups (broad SMARTS) is 1. The maximum atomic E-state index is 12.2. The minimum absolute atomic E-state index is 0.246.